The van der Waals surface area contributed by atoms with Crippen LogP contribution in [0.2, 0.25) is 0 Å². The van der Waals surface area contributed by atoms with Crippen molar-refractivity contribution in [3.8, 4) is 0 Å². The molecule has 0 aliphatic carbocycles. The summed E-state index contributed by atoms with van der Waals surface area (Å²) >= 11 is 0. The Morgan fingerprint density at radius 2 is 1.66 bits per heavy atom. The molecule has 1 fully saturated rings. The first kappa shape index (κ1) is 32.2. The number of fused-ring (bicyclic) bond motifs is 1. The van der Waals surface area contributed by atoms with Gasteiger partial charge in [-0.05, 0) is 36.1 Å². The van der Waals surface area contributed by atoms with E-state index in [1.807, 2.05) is 4.90 Å². The number of carbonyl (C=O) groups is 4. The van der Waals surface area contributed by atoms with Crippen LogP contribution >= 0.6 is 0 Å². The van der Waals surface area contributed by atoms with Crippen molar-refractivity contribution < 1.29 is 32.3 Å². The number of benzene rings is 2. The van der Waals surface area contributed by atoms with Gasteiger partial charge >= 0.3 is 6.18 Å². The van der Waals surface area contributed by atoms with Crippen molar-refractivity contribution in [2.75, 3.05) is 19.6 Å². The Balaban J connectivity index is 1.42. The Labute approximate surface area is 252 Å². The lowest BCUT2D eigenvalue weighted by atomic mass is 10.0. The first-order valence-electron chi connectivity index (χ1n) is 14.4. The molecular weight excluding hydrogens is 577 g/mol. The van der Waals surface area contributed by atoms with E-state index in [0.29, 0.717) is 33.4 Å². The van der Waals surface area contributed by atoms with Crippen molar-refractivity contribution in [2.24, 2.45) is 0 Å². The predicted molar refractivity (Wildman–Crippen MR) is 158 cm³/mol. The average Bonchev–Trinajstić information content (AvgIpc) is 3.69. The zero-order valence-corrected chi connectivity index (χ0v) is 24.2. The molecule has 1 aliphatic heterocycles. The summed E-state index contributed by atoms with van der Waals surface area (Å²) in [5.74, 6) is -3.88. The van der Waals surface area contributed by atoms with Crippen LogP contribution in [-0.4, -0.2) is 77.1 Å². The molecule has 2 heterocycles. The molecule has 1 saturated heterocycles. The van der Waals surface area contributed by atoms with Gasteiger partial charge in [0, 0.05) is 55.0 Å². The number of aromatic nitrogens is 1. The van der Waals surface area contributed by atoms with Crippen molar-refractivity contribution in [1.29, 1.82) is 5.41 Å². The number of aromatic amines is 1. The molecule has 2 atom stereocenters. The van der Waals surface area contributed by atoms with Crippen LogP contribution in [0.1, 0.15) is 42.9 Å². The summed E-state index contributed by atoms with van der Waals surface area (Å²) in [6, 6.07) is 10.9. The maximum absolute atomic E-state index is 13.4. The lowest BCUT2D eigenvalue weighted by Crippen LogP contribution is -2.53. The van der Waals surface area contributed by atoms with E-state index < -0.39 is 54.7 Å². The van der Waals surface area contributed by atoms with Crippen molar-refractivity contribution in [1.82, 2.24) is 25.8 Å². The van der Waals surface area contributed by atoms with Crippen LogP contribution in [0.5, 0.6) is 0 Å². The standard InChI is InChI=1S/C31H35F3N6O4/c1-2-26(41)39-25(15-19-8-7-9-20(14-19)29(35)40-12-5-6-13-40)30(44)37-18-27(42)38-24(28(43)31(32,33)34)16-21-17-36-23-11-4-3-10-22(21)23/h3-4,7-11,14,17,24-25,35-36H,2,5-6,12-13,15-16,18H2,1H3,(H,37,44)(H,38,42)(H,39,41). The van der Waals surface area contributed by atoms with Crippen LogP contribution < -0.4 is 16.0 Å². The van der Waals surface area contributed by atoms with E-state index in [2.05, 4.69) is 20.9 Å². The second-order valence-corrected chi connectivity index (χ2v) is 10.7. The Morgan fingerprint density at radius 3 is 2.36 bits per heavy atom. The maximum atomic E-state index is 13.4. The lowest BCUT2D eigenvalue weighted by Gasteiger charge is -2.21. The Morgan fingerprint density at radius 1 is 0.955 bits per heavy atom. The van der Waals surface area contributed by atoms with Gasteiger partial charge in [-0.3, -0.25) is 24.6 Å². The van der Waals surface area contributed by atoms with Crippen molar-refractivity contribution in [2.45, 2.75) is 57.3 Å². The molecule has 1 aromatic heterocycles. The number of amides is 3. The van der Waals surface area contributed by atoms with E-state index in [1.165, 1.54) is 6.20 Å². The number of likely N-dealkylation sites (tertiary alicyclic amines) is 1. The van der Waals surface area contributed by atoms with Crippen molar-refractivity contribution in [3.63, 3.8) is 0 Å². The van der Waals surface area contributed by atoms with Crippen LogP contribution in [0.25, 0.3) is 10.9 Å². The Kier molecular flexibility index (Phi) is 10.4. The van der Waals surface area contributed by atoms with E-state index in [0.717, 1.165) is 25.9 Å². The highest BCUT2D eigenvalue weighted by Gasteiger charge is 2.44. The Bertz CT molecular complexity index is 1530. The summed E-state index contributed by atoms with van der Waals surface area (Å²) < 4.78 is 40.2. The lowest BCUT2D eigenvalue weighted by molar-refractivity contribution is -0.173. The number of nitrogens with one attached hydrogen (secondary N) is 5. The molecule has 0 bridgehead atoms. The number of para-hydroxylation sites is 1. The van der Waals surface area contributed by atoms with Gasteiger partial charge in [0.15, 0.2) is 0 Å². The first-order valence-corrected chi connectivity index (χ1v) is 14.4. The number of amidine groups is 1. The third-order valence-electron chi connectivity index (χ3n) is 7.49. The van der Waals surface area contributed by atoms with Gasteiger partial charge in [-0.1, -0.05) is 43.3 Å². The first-order chi connectivity index (χ1) is 21.0. The molecular formula is C31H35F3N6O4. The van der Waals surface area contributed by atoms with Gasteiger partial charge in [0.05, 0.1) is 6.54 Å². The molecule has 234 valence electrons. The van der Waals surface area contributed by atoms with Crippen molar-refractivity contribution >= 4 is 40.2 Å². The van der Waals surface area contributed by atoms with Gasteiger partial charge in [0.1, 0.15) is 17.9 Å². The Hall–Kier alpha value is -4.68. The topological polar surface area (TPSA) is 147 Å². The van der Waals surface area contributed by atoms with E-state index >= 15 is 0 Å². The zero-order chi connectivity index (χ0) is 31.9. The summed E-state index contributed by atoms with van der Waals surface area (Å²) in [7, 11) is 0. The highest BCUT2D eigenvalue weighted by molar-refractivity contribution is 5.97. The summed E-state index contributed by atoms with van der Waals surface area (Å²) in [6.45, 7) is 2.48. The molecule has 0 radical (unpaired) electrons. The molecule has 5 N–H and O–H groups in total. The minimum absolute atomic E-state index is 0.0516. The fourth-order valence-corrected chi connectivity index (χ4v) is 5.17. The number of hydrogen-bond donors (Lipinski definition) is 5. The molecule has 4 rings (SSSR count). The minimum Gasteiger partial charge on any atom is -0.361 e. The number of H-pyrrole nitrogens is 1. The summed E-state index contributed by atoms with van der Waals surface area (Å²) in [5, 5.41) is 16.2. The summed E-state index contributed by atoms with van der Waals surface area (Å²) in [5.41, 5.74) is 2.41. The highest BCUT2D eigenvalue weighted by Crippen LogP contribution is 2.23. The molecule has 10 nitrogen and oxygen atoms in total. The van der Waals surface area contributed by atoms with Crippen LogP contribution in [0, 0.1) is 5.41 Å². The monoisotopic (exact) mass is 612 g/mol. The van der Waals surface area contributed by atoms with E-state index in [9.17, 15) is 32.3 Å². The third-order valence-corrected chi connectivity index (χ3v) is 7.49. The number of alkyl halides is 3. The van der Waals surface area contributed by atoms with Crippen LogP contribution in [0.4, 0.5) is 13.2 Å². The molecule has 0 spiro atoms. The largest absolute Gasteiger partial charge is 0.452 e. The summed E-state index contributed by atoms with van der Waals surface area (Å²) in [4.78, 5) is 55.1. The number of carbonyl (C=O) groups excluding carboxylic acids is 4. The number of hydrogen-bond acceptors (Lipinski definition) is 5. The highest BCUT2D eigenvalue weighted by atomic mass is 19.4. The summed E-state index contributed by atoms with van der Waals surface area (Å²) in [6.07, 6.45) is -1.96. The van der Waals surface area contributed by atoms with Gasteiger partial charge < -0.3 is 25.8 Å². The number of ketones is 1. The van der Waals surface area contributed by atoms with Crippen LogP contribution in [-0.2, 0) is 32.0 Å². The van der Waals surface area contributed by atoms with Crippen LogP contribution in [0.3, 0.4) is 0 Å². The second kappa shape index (κ2) is 14.2. The number of nitrogens with zero attached hydrogens (tertiary/aromatic N) is 1. The number of Topliss-reactive ketones (excluding diaryl/α,β-unsaturated/α-hetero) is 1. The fraction of sp³-hybridized carbons (Fsp3) is 0.387. The van der Waals surface area contributed by atoms with E-state index in [1.54, 1.807) is 55.5 Å². The SMILES string of the molecule is CCC(=O)NC(Cc1cccc(C(=N)N2CCCC2)c1)C(=O)NCC(=O)NC(Cc1c[nH]c2ccccc12)C(=O)C(F)(F)F. The molecule has 3 aromatic rings. The third kappa shape index (κ3) is 8.23. The quantitative estimate of drug-likeness (QED) is 0.158. The second-order valence-electron chi connectivity index (χ2n) is 10.7. The zero-order valence-electron chi connectivity index (χ0n) is 24.2. The molecule has 3 amide bonds. The van der Waals surface area contributed by atoms with E-state index in [4.69, 9.17) is 5.41 Å². The van der Waals surface area contributed by atoms with Gasteiger partial charge in [-0.25, -0.2) is 0 Å². The van der Waals surface area contributed by atoms with E-state index in [-0.39, 0.29) is 12.8 Å². The maximum Gasteiger partial charge on any atom is 0.452 e. The predicted octanol–water partition coefficient (Wildman–Crippen LogP) is 3.00. The number of rotatable bonds is 12. The number of halogens is 3. The van der Waals surface area contributed by atoms with Gasteiger partial charge in [0.2, 0.25) is 17.7 Å². The average molecular weight is 613 g/mol. The molecule has 2 unspecified atom stereocenters. The molecule has 13 heteroatoms. The molecule has 2 aromatic carbocycles. The fourth-order valence-electron chi connectivity index (χ4n) is 5.17. The smallest absolute Gasteiger partial charge is 0.361 e. The van der Waals surface area contributed by atoms with Gasteiger partial charge in [-0.2, -0.15) is 13.2 Å². The normalized spacial score (nSPS) is 14.6. The van der Waals surface area contributed by atoms with Crippen LogP contribution in [0.15, 0.2) is 54.7 Å². The molecule has 44 heavy (non-hydrogen) atoms. The minimum atomic E-state index is -5.19. The molecule has 0 saturated carbocycles. The van der Waals surface area contributed by atoms with Crippen molar-refractivity contribution in [3.05, 3.63) is 71.4 Å². The molecule has 1 aliphatic rings. The van der Waals surface area contributed by atoms with Gasteiger partial charge in [-0.15, -0.1) is 0 Å². The van der Waals surface area contributed by atoms with Gasteiger partial charge in [0.25, 0.3) is 5.78 Å².